The van der Waals surface area contributed by atoms with Crippen molar-refractivity contribution in [2.24, 2.45) is 11.5 Å². The number of amides is 8. The highest BCUT2D eigenvalue weighted by Gasteiger charge is 2.45. The summed E-state index contributed by atoms with van der Waals surface area (Å²) in [5.41, 5.74) is 13.5. The number of alkyl carbamates (subject to hydrolysis) is 1. The van der Waals surface area contributed by atoms with Crippen molar-refractivity contribution >= 4 is 64.2 Å². The maximum Gasteiger partial charge on any atom is 0.407 e. The van der Waals surface area contributed by atoms with Gasteiger partial charge in [0, 0.05) is 70.7 Å². The zero-order valence-corrected chi connectivity index (χ0v) is 44.6. The number of aromatic nitrogens is 1. The van der Waals surface area contributed by atoms with Crippen molar-refractivity contribution in [2.45, 2.75) is 107 Å². The zero-order chi connectivity index (χ0) is 56.9. The first-order valence-electron chi connectivity index (χ1n) is 26.0. The minimum Gasteiger partial charge on any atom is -0.460 e. The van der Waals surface area contributed by atoms with Gasteiger partial charge in [-0.25, -0.2) is 4.79 Å². The first-order chi connectivity index (χ1) is 37.7. The molecule has 0 bridgehead atoms. The summed E-state index contributed by atoms with van der Waals surface area (Å²) >= 11 is 0. The number of nitrogens with one attached hydrogen (secondary N) is 5. The van der Waals surface area contributed by atoms with Crippen molar-refractivity contribution in [1.29, 1.82) is 0 Å². The van der Waals surface area contributed by atoms with Crippen LogP contribution >= 0.6 is 0 Å². The van der Waals surface area contributed by atoms with Crippen LogP contribution in [-0.2, 0) is 65.4 Å². The first-order valence-corrected chi connectivity index (χ1v) is 26.0. The van der Waals surface area contributed by atoms with Crippen molar-refractivity contribution in [1.82, 2.24) is 36.5 Å². The molecular formula is C58H67N9O12. The lowest BCUT2D eigenvalue weighted by molar-refractivity contribution is -0.155. The molecule has 0 saturated carbocycles. The number of primary amides is 2. The van der Waals surface area contributed by atoms with Crippen LogP contribution in [0.1, 0.15) is 81.0 Å². The second-order valence-electron chi connectivity index (χ2n) is 20.8. The Hall–Kier alpha value is -8.72. The Labute approximate surface area is 457 Å². The van der Waals surface area contributed by atoms with Crippen molar-refractivity contribution in [3.8, 4) is 11.1 Å². The van der Waals surface area contributed by atoms with Crippen LogP contribution in [0, 0.1) is 0 Å². The van der Waals surface area contributed by atoms with Crippen molar-refractivity contribution in [3.63, 3.8) is 0 Å². The number of carbonyl (C=O) groups is 9. The molecule has 416 valence electrons. The molecule has 1 aromatic heterocycles. The number of likely N-dealkylation sites (N-methyl/N-ethyl adjacent to an activating group) is 1. The van der Waals surface area contributed by atoms with E-state index in [2.05, 4.69) is 31.6 Å². The van der Waals surface area contributed by atoms with Gasteiger partial charge in [-0.15, -0.1) is 0 Å². The smallest absolute Gasteiger partial charge is 0.407 e. The Morgan fingerprint density at radius 1 is 0.696 bits per heavy atom. The van der Waals surface area contributed by atoms with Crippen LogP contribution in [0.3, 0.4) is 0 Å². The summed E-state index contributed by atoms with van der Waals surface area (Å²) < 4.78 is 17.1. The van der Waals surface area contributed by atoms with Crippen LogP contribution < -0.4 is 38.1 Å². The van der Waals surface area contributed by atoms with Gasteiger partial charge in [-0.05, 0) is 77.4 Å². The molecule has 9 N–H and O–H groups in total. The Balaban J connectivity index is 1.13. The number of pyridine rings is 1. The summed E-state index contributed by atoms with van der Waals surface area (Å²) in [7, 11) is 1.30. The van der Waals surface area contributed by atoms with E-state index < -0.39 is 115 Å². The monoisotopic (exact) mass is 1080 g/mol. The molecule has 4 atom stereocenters. The quantitative estimate of drug-likeness (QED) is 0.0464. The molecule has 79 heavy (non-hydrogen) atoms. The average molecular weight is 1080 g/mol. The van der Waals surface area contributed by atoms with E-state index in [0.717, 1.165) is 37.9 Å². The van der Waals surface area contributed by atoms with Crippen molar-refractivity contribution in [2.75, 3.05) is 33.4 Å². The second kappa shape index (κ2) is 26.1. The standard InChI is InChI=1S/C58H67N9O12/c1-57(2,3)79-50(70)22-21-44(51(71)62-46(31-48(59)68)52(72)63-47(30-36-12-11-25-61-32-36)54(74)67(4)33-49(60)69)64-55(75)58(23-26-77-27-24-58)66-53(73)45(29-35-19-20-37-13-5-6-14-38(37)28-35)65-56(76)78-34-43-41-17-9-7-15-39(41)40-16-8-10-18-42(40)43/h5-20,25,28,32,43-47H,21-24,26-27,29-31,33-34H2,1-4H3,(H2,59,68)(H2,60,69)(H,62,71)(H,63,72)(H,64,75)(H,65,76)(H,66,73)/t44-,45-,46-,47-/m0/s1. The molecule has 1 aliphatic heterocycles. The predicted molar refractivity (Wildman–Crippen MR) is 290 cm³/mol. The third-order valence-electron chi connectivity index (χ3n) is 13.6. The molecule has 2 heterocycles. The van der Waals surface area contributed by atoms with Gasteiger partial charge in [0.15, 0.2) is 0 Å². The molecule has 5 aromatic rings. The third kappa shape index (κ3) is 15.7. The number of carbonyl (C=O) groups excluding carboxylic acids is 9. The van der Waals surface area contributed by atoms with Gasteiger partial charge in [0.25, 0.3) is 0 Å². The number of fused-ring (bicyclic) bond motifs is 4. The minimum atomic E-state index is -1.77. The van der Waals surface area contributed by atoms with Crippen LogP contribution in [0.4, 0.5) is 4.79 Å². The van der Waals surface area contributed by atoms with E-state index >= 15 is 0 Å². The highest BCUT2D eigenvalue weighted by molar-refractivity contribution is 5.99. The molecule has 0 radical (unpaired) electrons. The Morgan fingerprint density at radius 3 is 1.95 bits per heavy atom. The van der Waals surface area contributed by atoms with Crippen molar-refractivity contribution in [3.05, 3.63) is 138 Å². The maximum absolute atomic E-state index is 15.0. The summed E-state index contributed by atoms with van der Waals surface area (Å²) in [6.07, 6.45) is 0.135. The van der Waals surface area contributed by atoms with E-state index in [0.29, 0.717) is 11.1 Å². The van der Waals surface area contributed by atoms with E-state index in [9.17, 15) is 43.2 Å². The molecular weight excluding hydrogens is 1010 g/mol. The highest BCUT2D eigenvalue weighted by atomic mass is 16.6. The molecule has 1 saturated heterocycles. The van der Waals surface area contributed by atoms with E-state index in [1.54, 1.807) is 32.9 Å². The van der Waals surface area contributed by atoms with E-state index in [4.69, 9.17) is 25.7 Å². The van der Waals surface area contributed by atoms with Gasteiger partial charge >= 0.3 is 12.1 Å². The Bertz CT molecular complexity index is 3020. The number of hydrogen-bond acceptors (Lipinski definition) is 13. The van der Waals surface area contributed by atoms with E-state index in [1.807, 2.05) is 91.0 Å². The molecule has 4 aromatic carbocycles. The fourth-order valence-corrected chi connectivity index (χ4v) is 9.75. The third-order valence-corrected chi connectivity index (χ3v) is 13.6. The summed E-state index contributed by atoms with van der Waals surface area (Å²) in [5, 5.41) is 15.2. The molecule has 0 unspecified atom stereocenters. The number of rotatable bonds is 23. The number of ether oxygens (including phenoxy) is 3. The van der Waals surface area contributed by atoms with Gasteiger partial charge in [-0.3, -0.25) is 43.3 Å². The molecule has 8 amide bonds. The molecule has 7 rings (SSSR count). The summed E-state index contributed by atoms with van der Waals surface area (Å²) in [6.45, 7) is 4.39. The number of nitrogens with zero attached hydrogens (tertiary/aromatic N) is 2. The normalized spacial score (nSPS) is 15.1. The highest BCUT2D eigenvalue weighted by Crippen LogP contribution is 2.44. The molecule has 21 nitrogen and oxygen atoms in total. The molecule has 2 aliphatic rings. The summed E-state index contributed by atoms with van der Waals surface area (Å²) in [6, 6.07) is 26.2. The topological polar surface area (TPSA) is 310 Å². The van der Waals surface area contributed by atoms with Crippen LogP contribution in [0.5, 0.6) is 0 Å². The number of esters is 1. The largest absolute Gasteiger partial charge is 0.460 e. The van der Waals surface area contributed by atoms with Gasteiger partial charge < -0.3 is 57.2 Å². The van der Waals surface area contributed by atoms with Crippen LogP contribution in [-0.4, -0.2) is 132 Å². The first kappa shape index (κ1) is 58.0. The SMILES string of the molecule is CN(CC(N)=O)C(=O)[C@H](Cc1cccnc1)NC(=O)[C@H](CC(N)=O)NC(=O)[C@H](CCC(=O)OC(C)(C)C)NC(=O)C1(NC(=O)[C@H](Cc2ccc3ccccc3c2)NC(=O)OCC2c3ccccc3-c3ccccc32)CCOCC1. The van der Waals surface area contributed by atoms with Gasteiger partial charge in [-0.1, -0.05) is 97.1 Å². The fraction of sp³-hybridized carbons (Fsp3) is 0.379. The van der Waals surface area contributed by atoms with Gasteiger partial charge in [0.2, 0.25) is 41.4 Å². The Morgan fingerprint density at radius 2 is 1.32 bits per heavy atom. The summed E-state index contributed by atoms with van der Waals surface area (Å²) in [5.74, 6) is -7.29. The Kier molecular flexibility index (Phi) is 19.1. The van der Waals surface area contributed by atoms with Gasteiger partial charge in [-0.2, -0.15) is 0 Å². The number of nitrogens with two attached hydrogens (primary N) is 2. The lowest BCUT2D eigenvalue weighted by Crippen LogP contribution is -2.66. The predicted octanol–water partition coefficient (Wildman–Crippen LogP) is 2.99. The lowest BCUT2D eigenvalue weighted by atomic mass is 9.87. The van der Waals surface area contributed by atoms with E-state index in [1.165, 1.54) is 19.4 Å². The van der Waals surface area contributed by atoms with Crippen LogP contribution in [0.25, 0.3) is 21.9 Å². The second-order valence-corrected chi connectivity index (χ2v) is 20.8. The van der Waals surface area contributed by atoms with E-state index in [-0.39, 0.29) is 51.4 Å². The number of hydrogen-bond donors (Lipinski definition) is 7. The van der Waals surface area contributed by atoms with Crippen molar-refractivity contribution < 1.29 is 57.4 Å². The maximum atomic E-state index is 15.0. The molecule has 0 spiro atoms. The minimum absolute atomic E-state index is 0.00790. The lowest BCUT2D eigenvalue weighted by Gasteiger charge is -2.38. The average Bonchev–Trinajstić information content (AvgIpc) is 3.82. The number of benzene rings is 4. The molecule has 1 fully saturated rings. The van der Waals surface area contributed by atoms with Gasteiger partial charge in [0.1, 0.15) is 41.9 Å². The molecule has 1 aliphatic carbocycles. The fourth-order valence-electron chi connectivity index (χ4n) is 9.75. The van der Waals surface area contributed by atoms with Crippen LogP contribution in [0.2, 0.25) is 0 Å². The van der Waals surface area contributed by atoms with Crippen LogP contribution in [0.15, 0.2) is 116 Å². The summed E-state index contributed by atoms with van der Waals surface area (Å²) in [4.78, 5) is 129. The zero-order valence-electron chi connectivity index (χ0n) is 44.6. The molecule has 21 heteroatoms. The van der Waals surface area contributed by atoms with Gasteiger partial charge in [0.05, 0.1) is 13.0 Å².